The molecule has 0 aliphatic rings. The Morgan fingerprint density at radius 3 is 2.40 bits per heavy atom. The number of benzene rings is 3. The topological polar surface area (TPSA) is 70.9 Å². The highest BCUT2D eigenvalue weighted by atomic mass is 127. The highest BCUT2D eigenvalue weighted by molar-refractivity contribution is 14.1. The molecule has 0 bridgehead atoms. The van der Waals surface area contributed by atoms with E-state index in [1.165, 1.54) is 6.21 Å². The summed E-state index contributed by atoms with van der Waals surface area (Å²) in [5, 5.41) is 14.7. The Hall–Kier alpha value is -1.69. The van der Waals surface area contributed by atoms with E-state index in [9.17, 15) is 9.90 Å². The number of hydrogen-bond acceptors (Lipinski definition) is 4. The quantitative estimate of drug-likeness (QED) is 0.208. The predicted molar refractivity (Wildman–Crippen MR) is 135 cm³/mol. The van der Waals surface area contributed by atoms with Crippen LogP contribution in [0.25, 0.3) is 0 Å². The Bertz CT molecular complexity index is 1040. The molecule has 3 rings (SSSR count). The molecule has 1 amide bonds. The number of nitrogens with one attached hydrogen (secondary N) is 1. The van der Waals surface area contributed by atoms with Gasteiger partial charge in [-0.05, 0) is 74.5 Å². The molecule has 0 heterocycles. The number of ether oxygens (including phenoxy) is 1. The zero-order valence-electron chi connectivity index (χ0n) is 15.6. The summed E-state index contributed by atoms with van der Waals surface area (Å²) in [6, 6.07) is 20.0. The van der Waals surface area contributed by atoms with Crippen molar-refractivity contribution in [2.45, 2.75) is 12.7 Å². The van der Waals surface area contributed by atoms with E-state index in [1.54, 1.807) is 24.3 Å². The minimum absolute atomic E-state index is 0.368. The van der Waals surface area contributed by atoms with Gasteiger partial charge >= 0.3 is 0 Å². The number of carbonyl (C=O) groups is 1. The smallest absolute Gasteiger partial charge is 0.273 e. The molecule has 0 saturated heterocycles. The molecular formula is C22H17ClI2N2O3. The zero-order valence-corrected chi connectivity index (χ0v) is 20.6. The first kappa shape index (κ1) is 23.0. The van der Waals surface area contributed by atoms with Gasteiger partial charge in [0.1, 0.15) is 12.4 Å². The number of nitrogens with zero attached hydrogens (tertiary/aromatic N) is 1. The van der Waals surface area contributed by atoms with Gasteiger partial charge in [-0.1, -0.05) is 60.1 Å². The first-order valence-electron chi connectivity index (χ1n) is 8.87. The van der Waals surface area contributed by atoms with E-state index in [1.807, 2.05) is 42.5 Å². The molecule has 0 unspecified atom stereocenters. The van der Waals surface area contributed by atoms with Crippen molar-refractivity contribution in [1.82, 2.24) is 5.43 Å². The summed E-state index contributed by atoms with van der Waals surface area (Å²) in [6.07, 6.45) is 0.252. The van der Waals surface area contributed by atoms with E-state index >= 15 is 0 Å². The monoisotopic (exact) mass is 646 g/mol. The summed E-state index contributed by atoms with van der Waals surface area (Å²) in [7, 11) is 0. The van der Waals surface area contributed by atoms with Crippen molar-refractivity contribution in [3.63, 3.8) is 0 Å². The summed E-state index contributed by atoms with van der Waals surface area (Å²) < 4.78 is 7.78. The Morgan fingerprint density at radius 2 is 1.73 bits per heavy atom. The zero-order chi connectivity index (χ0) is 21.5. The third kappa shape index (κ3) is 6.16. The fraction of sp³-hybridized carbons (Fsp3) is 0.0909. The Morgan fingerprint density at radius 1 is 1.10 bits per heavy atom. The number of rotatable bonds is 7. The van der Waals surface area contributed by atoms with Crippen LogP contribution in [0, 0.1) is 7.14 Å². The number of hydrazone groups is 1. The van der Waals surface area contributed by atoms with E-state index in [2.05, 4.69) is 55.7 Å². The van der Waals surface area contributed by atoms with Crippen LogP contribution in [0.1, 0.15) is 22.8 Å². The van der Waals surface area contributed by atoms with Crippen molar-refractivity contribution < 1.29 is 14.6 Å². The molecule has 0 aliphatic heterocycles. The molecule has 2 N–H and O–H groups in total. The van der Waals surface area contributed by atoms with Crippen LogP contribution in [-0.4, -0.2) is 17.2 Å². The van der Waals surface area contributed by atoms with Crippen LogP contribution in [0.3, 0.4) is 0 Å². The summed E-state index contributed by atoms with van der Waals surface area (Å²) >= 11 is 10.6. The van der Waals surface area contributed by atoms with Crippen LogP contribution in [0.2, 0.25) is 5.02 Å². The molecule has 30 heavy (non-hydrogen) atoms. The highest BCUT2D eigenvalue weighted by Crippen LogP contribution is 2.30. The van der Waals surface area contributed by atoms with Crippen molar-refractivity contribution in [2.24, 2.45) is 5.10 Å². The van der Waals surface area contributed by atoms with Gasteiger partial charge in [-0.25, -0.2) is 5.43 Å². The lowest BCUT2D eigenvalue weighted by molar-refractivity contribution is -0.129. The molecular weight excluding hydrogens is 630 g/mol. The first-order valence-corrected chi connectivity index (χ1v) is 11.4. The van der Waals surface area contributed by atoms with Gasteiger partial charge in [-0.3, -0.25) is 4.79 Å². The van der Waals surface area contributed by atoms with Crippen LogP contribution in [0.15, 0.2) is 71.8 Å². The molecule has 0 aliphatic carbocycles. The normalized spacial score (nSPS) is 12.0. The minimum Gasteiger partial charge on any atom is -0.487 e. The second-order valence-electron chi connectivity index (χ2n) is 6.24. The number of amides is 1. The standard InChI is InChI=1S/C22H17ClI2N2O3/c23-17-9-5-4-8-16(17)13-30-21-18(24)10-14(11-19(21)25)12-26-27-22(29)20(28)15-6-2-1-3-7-15/h1-12,20,28H,13H2,(H,27,29)/b26-12-/t20-/m1/s1. The average Bonchev–Trinajstić information content (AvgIpc) is 2.74. The number of halogens is 3. The molecule has 0 saturated carbocycles. The number of aliphatic hydroxyl groups is 1. The van der Waals surface area contributed by atoms with Crippen LogP contribution in [0.4, 0.5) is 0 Å². The predicted octanol–water partition coefficient (Wildman–Crippen LogP) is 5.31. The van der Waals surface area contributed by atoms with E-state index in [0.717, 1.165) is 24.0 Å². The van der Waals surface area contributed by atoms with Gasteiger partial charge in [0, 0.05) is 10.6 Å². The molecule has 0 fully saturated rings. The van der Waals surface area contributed by atoms with Gasteiger partial charge in [-0.2, -0.15) is 5.10 Å². The van der Waals surface area contributed by atoms with Crippen molar-refractivity contribution in [3.8, 4) is 5.75 Å². The molecule has 0 aromatic heterocycles. The molecule has 5 nitrogen and oxygen atoms in total. The van der Waals surface area contributed by atoms with Crippen molar-refractivity contribution in [3.05, 3.63) is 95.6 Å². The fourth-order valence-electron chi connectivity index (χ4n) is 2.58. The Labute approximate surface area is 206 Å². The summed E-state index contributed by atoms with van der Waals surface area (Å²) in [5.41, 5.74) is 4.58. The van der Waals surface area contributed by atoms with Crippen molar-refractivity contribution in [1.29, 1.82) is 0 Å². The van der Waals surface area contributed by atoms with Crippen LogP contribution in [-0.2, 0) is 11.4 Å². The van der Waals surface area contributed by atoms with Gasteiger partial charge in [0.15, 0.2) is 6.10 Å². The average molecular weight is 647 g/mol. The van der Waals surface area contributed by atoms with E-state index in [4.69, 9.17) is 16.3 Å². The number of hydrogen-bond donors (Lipinski definition) is 2. The molecule has 1 atom stereocenters. The summed E-state index contributed by atoms with van der Waals surface area (Å²) in [6.45, 7) is 0.368. The maximum absolute atomic E-state index is 12.1. The second kappa shape index (κ2) is 11.1. The third-order valence-electron chi connectivity index (χ3n) is 4.10. The lowest BCUT2D eigenvalue weighted by Gasteiger charge is -2.12. The summed E-state index contributed by atoms with van der Waals surface area (Å²) in [5.74, 6) is 0.165. The maximum atomic E-state index is 12.1. The first-order chi connectivity index (χ1) is 14.5. The van der Waals surface area contributed by atoms with E-state index < -0.39 is 12.0 Å². The van der Waals surface area contributed by atoms with Gasteiger partial charge in [0.05, 0.1) is 13.4 Å². The maximum Gasteiger partial charge on any atom is 0.273 e. The lowest BCUT2D eigenvalue weighted by atomic mass is 10.1. The van der Waals surface area contributed by atoms with Gasteiger partial charge in [0.25, 0.3) is 5.91 Å². The van der Waals surface area contributed by atoms with Gasteiger partial charge < -0.3 is 9.84 Å². The third-order valence-corrected chi connectivity index (χ3v) is 6.07. The molecule has 0 spiro atoms. The molecule has 3 aromatic carbocycles. The second-order valence-corrected chi connectivity index (χ2v) is 8.97. The molecule has 0 radical (unpaired) electrons. The van der Waals surface area contributed by atoms with E-state index in [-0.39, 0.29) is 0 Å². The highest BCUT2D eigenvalue weighted by Gasteiger charge is 2.16. The molecule has 8 heteroatoms. The fourth-order valence-corrected chi connectivity index (χ4v) is 4.89. The van der Waals surface area contributed by atoms with Crippen molar-refractivity contribution in [2.75, 3.05) is 0 Å². The number of aliphatic hydroxyl groups excluding tert-OH is 1. The summed E-state index contributed by atoms with van der Waals surface area (Å²) in [4.78, 5) is 12.1. The van der Waals surface area contributed by atoms with E-state index in [0.29, 0.717) is 17.2 Å². The largest absolute Gasteiger partial charge is 0.487 e. The van der Waals surface area contributed by atoms with Gasteiger partial charge in [0.2, 0.25) is 0 Å². The Kier molecular flexibility index (Phi) is 8.49. The molecule has 3 aromatic rings. The van der Waals surface area contributed by atoms with Crippen molar-refractivity contribution >= 4 is 68.9 Å². The minimum atomic E-state index is -1.27. The molecule has 154 valence electrons. The van der Waals surface area contributed by atoms with Crippen LogP contribution in [0.5, 0.6) is 5.75 Å². The SMILES string of the molecule is O=C(N/N=C\c1cc(I)c(OCc2ccccc2Cl)c(I)c1)[C@H](O)c1ccccc1. The Balaban J connectivity index is 1.63. The van der Waals surface area contributed by atoms with Crippen LogP contribution < -0.4 is 10.2 Å². The number of carbonyl (C=O) groups excluding carboxylic acids is 1. The van der Waals surface area contributed by atoms with Crippen LogP contribution >= 0.6 is 56.8 Å². The van der Waals surface area contributed by atoms with Gasteiger partial charge in [-0.15, -0.1) is 0 Å². The lowest BCUT2D eigenvalue weighted by Crippen LogP contribution is -2.25.